The third-order valence-corrected chi connectivity index (χ3v) is 2.14. The molecule has 2 rings (SSSR count). The molecule has 1 aromatic rings. The molecule has 1 aliphatic rings. The molecule has 1 saturated heterocycles. The van der Waals surface area contributed by atoms with E-state index in [4.69, 9.17) is 0 Å². The lowest BCUT2D eigenvalue weighted by Gasteiger charge is -2.26. The lowest BCUT2D eigenvalue weighted by atomic mass is 10.1. The summed E-state index contributed by atoms with van der Waals surface area (Å²) >= 11 is 0. The van der Waals surface area contributed by atoms with E-state index >= 15 is 0 Å². The summed E-state index contributed by atoms with van der Waals surface area (Å²) in [7, 11) is 0. The molecular weight excluding hydrogens is 180 g/mol. The van der Waals surface area contributed by atoms with Crippen molar-refractivity contribution in [1.82, 2.24) is 10.6 Å². The first-order chi connectivity index (χ1) is 6.77. The van der Waals surface area contributed by atoms with Crippen LogP contribution in [0, 0.1) is 0 Å². The summed E-state index contributed by atoms with van der Waals surface area (Å²) in [5, 5.41) is 5.19. The van der Waals surface area contributed by atoms with Gasteiger partial charge < -0.3 is 10.6 Å². The van der Waals surface area contributed by atoms with Gasteiger partial charge in [0.1, 0.15) is 6.04 Å². The molecule has 14 heavy (non-hydrogen) atoms. The van der Waals surface area contributed by atoms with Gasteiger partial charge in [-0.15, -0.1) is 0 Å². The second-order valence-corrected chi connectivity index (χ2v) is 3.14. The molecular formula is C10H10N2O2. The van der Waals surface area contributed by atoms with E-state index in [0.717, 1.165) is 0 Å². The fourth-order valence-corrected chi connectivity index (χ4v) is 1.24. The second-order valence-electron chi connectivity index (χ2n) is 3.14. The summed E-state index contributed by atoms with van der Waals surface area (Å²) < 4.78 is 0. The van der Waals surface area contributed by atoms with Crippen molar-refractivity contribution < 1.29 is 9.59 Å². The van der Waals surface area contributed by atoms with Gasteiger partial charge in [0.05, 0.1) is 0 Å². The van der Waals surface area contributed by atoms with Crippen LogP contribution in [0.5, 0.6) is 0 Å². The van der Waals surface area contributed by atoms with Gasteiger partial charge in [-0.05, 0) is 12.1 Å². The van der Waals surface area contributed by atoms with Gasteiger partial charge in [0.15, 0.2) is 0 Å². The second kappa shape index (κ2) is 3.49. The van der Waals surface area contributed by atoms with Gasteiger partial charge in [-0.3, -0.25) is 9.59 Å². The lowest BCUT2D eigenvalue weighted by molar-refractivity contribution is -0.128. The van der Waals surface area contributed by atoms with Crippen molar-refractivity contribution >= 4 is 11.8 Å². The molecule has 1 aromatic carbocycles. The first-order valence-corrected chi connectivity index (χ1v) is 4.41. The highest BCUT2D eigenvalue weighted by Crippen LogP contribution is 2.00. The molecule has 4 heteroatoms. The molecule has 72 valence electrons. The van der Waals surface area contributed by atoms with Crippen LogP contribution in [0.25, 0.3) is 0 Å². The molecule has 4 nitrogen and oxygen atoms in total. The predicted molar refractivity (Wildman–Crippen MR) is 50.7 cm³/mol. The Morgan fingerprint density at radius 3 is 2.57 bits per heavy atom. The summed E-state index contributed by atoms with van der Waals surface area (Å²) in [5.74, 6) is -0.320. The van der Waals surface area contributed by atoms with Crippen LogP contribution in [-0.4, -0.2) is 24.4 Å². The molecule has 0 spiro atoms. The maximum absolute atomic E-state index is 11.5. The molecule has 0 radical (unpaired) electrons. The smallest absolute Gasteiger partial charge is 0.251 e. The minimum atomic E-state index is -0.359. The number of carbonyl (C=O) groups is 2. The molecule has 1 heterocycles. The van der Waals surface area contributed by atoms with Gasteiger partial charge in [-0.1, -0.05) is 18.2 Å². The molecule has 2 N–H and O–H groups in total. The van der Waals surface area contributed by atoms with Crippen molar-refractivity contribution in [2.24, 2.45) is 0 Å². The minimum absolute atomic E-state index is 0.116. The van der Waals surface area contributed by atoms with E-state index in [9.17, 15) is 9.59 Å². The van der Waals surface area contributed by atoms with E-state index in [0.29, 0.717) is 12.1 Å². The van der Waals surface area contributed by atoms with Crippen LogP contribution < -0.4 is 10.6 Å². The normalized spacial score (nSPS) is 19.4. The lowest BCUT2D eigenvalue weighted by Crippen LogP contribution is -2.61. The molecule has 1 aliphatic heterocycles. The van der Waals surface area contributed by atoms with E-state index in [1.807, 2.05) is 6.07 Å². The van der Waals surface area contributed by atoms with Gasteiger partial charge in [0, 0.05) is 12.1 Å². The highest BCUT2D eigenvalue weighted by atomic mass is 16.2. The zero-order chi connectivity index (χ0) is 9.97. The predicted octanol–water partition coefficient (Wildman–Crippen LogP) is -0.0852. The van der Waals surface area contributed by atoms with Crippen LogP contribution in [0.4, 0.5) is 0 Å². The average Bonchev–Trinajstić information content (AvgIpc) is 2.24. The molecule has 0 saturated carbocycles. The fraction of sp³-hybridized carbons (Fsp3) is 0.200. The van der Waals surface area contributed by atoms with Crippen LogP contribution in [0.1, 0.15) is 10.4 Å². The van der Waals surface area contributed by atoms with E-state index in [2.05, 4.69) is 10.6 Å². The third kappa shape index (κ3) is 1.59. The Kier molecular flexibility index (Phi) is 2.18. The number of carbonyl (C=O) groups excluding carboxylic acids is 2. The molecule has 1 unspecified atom stereocenters. The van der Waals surface area contributed by atoms with Crippen molar-refractivity contribution in [2.75, 3.05) is 6.54 Å². The molecule has 2 amide bonds. The Bertz CT molecular complexity index is 362. The van der Waals surface area contributed by atoms with Crippen LogP contribution in [-0.2, 0) is 4.79 Å². The van der Waals surface area contributed by atoms with Crippen LogP contribution in [0.15, 0.2) is 30.3 Å². The molecule has 0 bridgehead atoms. The Morgan fingerprint density at radius 1 is 1.36 bits per heavy atom. The van der Waals surface area contributed by atoms with Gasteiger partial charge in [-0.2, -0.15) is 0 Å². The summed E-state index contributed by atoms with van der Waals surface area (Å²) in [6.45, 7) is 0.525. The quantitative estimate of drug-likeness (QED) is 0.640. The summed E-state index contributed by atoms with van der Waals surface area (Å²) in [6, 6.07) is 8.48. The van der Waals surface area contributed by atoms with Crippen LogP contribution >= 0.6 is 0 Å². The maximum atomic E-state index is 11.5. The first-order valence-electron chi connectivity index (χ1n) is 4.41. The van der Waals surface area contributed by atoms with Gasteiger partial charge in [-0.25, -0.2) is 0 Å². The fourth-order valence-electron chi connectivity index (χ4n) is 1.24. The molecule has 1 fully saturated rings. The monoisotopic (exact) mass is 190 g/mol. The maximum Gasteiger partial charge on any atom is 0.251 e. The topological polar surface area (TPSA) is 58.2 Å². The molecule has 1 atom stereocenters. The highest BCUT2D eigenvalue weighted by Gasteiger charge is 2.28. The first kappa shape index (κ1) is 8.74. The minimum Gasteiger partial charge on any atom is -0.352 e. The summed E-state index contributed by atoms with van der Waals surface area (Å²) in [5.41, 5.74) is 0.576. The van der Waals surface area contributed by atoms with Crippen LogP contribution in [0.3, 0.4) is 0 Å². The standard InChI is InChI=1S/C10H10N2O2/c13-9(7-4-2-1-3-5-7)12-8-6-11-10(8)14/h1-5,8H,6H2,(H,11,14)(H,12,13). The average molecular weight is 190 g/mol. The Morgan fingerprint density at radius 2 is 2.07 bits per heavy atom. The number of amides is 2. The van der Waals surface area contributed by atoms with Crippen LogP contribution in [0.2, 0.25) is 0 Å². The number of β-lactam (4-membered cyclic amide) rings is 1. The van der Waals surface area contributed by atoms with Crippen molar-refractivity contribution in [1.29, 1.82) is 0 Å². The van der Waals surface area contributed by atoms with Crippen molar-refractivity contribution in [2.45, 2.75) is 6.04 Å². The molecule has 0 aromatic heterocycles. The van der Waals surface area contributed by atoms with Crippen molar-refractivity contribution in [3.63, 3.8) is 0 Å². The number of nitrogens with one attached hydrogen (secondary N) is 2. The highest BCUT2D eigenvalue weighted by molar-refractivity contribution is 5.99. The van der Waals surface area contributed by atoms with Crippen molar-refractivity contribution in [3.05, 3.63) is 35.9 Å². The Balaban J connectivity index is 1.99. The van der Waals surface area contributed by atoms with E-state index in [1.165, 1.54) is 0 Å². The van der Waals surface area contributed by atoms with Crippen molar-refractivity contribution in [3.8, 4) is 0 Å². The molecule has 0 aliphatic carbocycles. The van der Waals surface area contributed by atoms with E-state index in [1.54, 1.807) is 24.3 Å². The van der Waals surface area contributed by atoms with E-state index < -0.39 is 0 Å². The largest absolute Gasteiger partial charge is 0.352 e. The Labute approximate surface area is 81.3 Å². The zero-order valence-electron chi connectivity index (χ0n) is 7.49. The number of hydrogen-bond donors (Lipinski definition) is 2. The summed E-state index contributed by atoms with van der Waals surface area (Å²) in [4.78, 5) is 22.4. The van der Waals surface area contributed by atoms with Gasteiger partial charge in [0.2, 0.25) is 5.91 Å². The number of hydrogen-bond acceptors (Lipinski definition) is 2. The SMILES string of the molecule is O=C(NC1CNC1=O)c1ccccc1. The number of benzene rings is 1. The summed E-state index contributed by atoms with van der Waals surface area (Å²) in [6.07, 6.45) is 0. The van der Waals surface area contributed by atoms with Gasteiger partial charge >= 0.3 is 0 Å². The van der Waals surface area contributed by atoms with Gasteiger partial charge in [0.25, 0.3) is 5.91 Å². The zero-order valence-corrected chi connectivity index (χ0v) is 7.49. The Hall–Kier alpha value is -1.84. The third-order valence-electron chi connectivity index (χ3n) is 2.14. The van der Waals surface area contributed by atoms with E-state index in [-0.39, 0.29) is 17.9 Å². The number of rotatable bonds is 2.